The van der Waals surface area contributed by atoms with Gasteiger partial charge in [0.2, 0.25) is 5.95 Å². The highest BCUT2D eigenvalue weighted by molar-refractivity contribution is 5.92. The number of carbonyl (C=O) groups is 1. The van der Waals surface area contributed by atoms with Crippen LogP contribution in [0.15, 0.2) is 30.5 Å². The molecule has 0 aliphatic rings. The minimum Gasteiger partial charge on any atom is -0.351 e. The molecule has 0 atom stereocenters. The van der Waals surface area contributed by atoms with Crippen LogP contribution in [0.1, 0.15) is 41.9 Å². The predicted molar refractivity (Wildman–Crippen MR) is 93.0 cm³/mol. The molecule has 0 spiro atoms. The molecule has 1 heterocycles. The van der Waals surface area contributed by atoms with Crippen molar-refractivity contribution in [2.75, 3.05) is 11.9 Å². The standard InChI is InChI=1S/C18H24N4O/c1-12(2)8-10-19-17(23)15-9-11-20-18(21-15)22-16-13(3)6-5-7-14(16)4/h5-7,9,11-12H,8,10H2,1-4H3,(H,19,23)(H,20,21,22). The first kappa shape index (κ1) is 16.9. The Morgan fingerprint density at radius 2 is 1.87 bits per heavy atom. The second-order valence-electron chi connectivity index (χ2n) is 6.10. The minimum atomic E-state index is -0.169. The van der Waals surface area contributed by atoms with Crippen molar-refractivity contribution in [3.63, 3.8) is 0 Å². The first-order valence-electron chi connectivity index (χ1n) is 7.92. The molecule has 0 radical (unpaired) electrons. The summed E-state index contributed by atoms with van der Waals surface area (Å²) in [5.74, 6) is 0.818. The molecular weight excluding hydrogens is 288 g/mol. The van der Waals surface area contributed by atoms with Gasteiger partial charge in [-0.1, -0.05) is 32.0 Å². The Bertz CT molecular complexity index is 662. The van der Waals surface area contributed by atoms with Crippen molar-refractivity contribution < 1.29 is 4.79 Å². The van der Waals surface area contributed by atoms with E-state index < -0.39 is 0 Å². The average molecular weight is 312 g/mol. The first-order chi connectivity index (χ1) is 11.0. The summed E-state index contributed by atoms with van der Waals surface area (Å²) in [6.07, 6.45) is 2.55. The number of benzene rings is 1. The molecule has 2 N–H and O–H groups in total. The highest BCUT2D eigenvalue weighted by Gasteiger charge is 2.10. The van der Waals surface area contributed by atoms with Gasteiger partial charge in [0.15, 0.2) is 0 Å². The van der Waals surface area contributed by atoms with Crippen LogP contribution in [-0.4, -0.2) is 22.4 Å². The lowest BCUT2D eigenvalue weighted by Crippen LogP contribution is -2.26. The van der Waals surface area contributed by atoms with Crippen molar-refractivity contribution in [3.05, 3.63) is 47.3 Å². The molecule has 0 aliphatic heterocycles. The summed E-state index contributed by atoms with van der Waals surface area (Å²) in [5.41, 5.74) is 3.57. The molecule has 5 heteroatoms. The molecule has 2 aromatic rings. The van der Waals surface area contributed by atoms with Crippen molar-refractivity contribution in [2.24, 2.45) is 5.92 Å². The highest BCUT2D eigenvalue weighted by atomic mass is 16.1. The Hall–Kier alpha value is -2.43. The lowest BCUT2D eigenvalue weighted by atomic mass is 10.1. The maximum Gasteiger partial charge on any atom is 0.270 e. The van der Waals surface area contributed by atoms with Crippen LogP contribution in [-0.2, 0) is 0 Å². The summed E-state index contributed by atoms with van der Waals surface area (Å²) >= 11 is 0. The molecule has 0 bridgehead atoms. The van der Waals surface area contributed by atoms with Gasteiger partial charge in [-0.3, -0.25) is 4.79 Å². The van der Waals surface area contributed by atoms with Crippen molar-refractivity contribution >= 4 is 17.5 Å². The van der Waals surface area contributed by atoms with Gasteiger partial charge in [-0.15, -0.1) is 0 Å². The van der Waals surface area contributed by atoms with E-state index >= 15 is 0 Å². The maximum atomic E-state index is 12.1. The number of anilines is 2. The summed E-state index contributed by atoms with van der Waals surface area (Å²) in [6, 6.07) is 7.69. The average Bonchev–Trinajstić information content (AvgIpc) is 2.51. The van der Waals surface area contributed by atoms with E-state index in [0.29, 0.717) is 24.1 Å². The Labute approximate surface area is 137 Å². The fourth-order valence-corrected chi connectivity index (χ4v) is 2.23. The molecule has 122 valence electrons. The molecule has 1 amide bonds. The number of hydrogen-bond acceptors (Lipinski definition) is 4. The van der Waals surface area contributed by atoms with Gasteiger partial charge in [-0.05, 0) is 43.4 Å². The fraction of sp³-hybridized carbons (Fsp3) is 0.389. The molecule has 2 rings (SSSR count). The molecule has 0 saturated heterocycles. The molecule has 0 unspecified atom stereocenters. The monoisotopic (exact) mass is 312 g/mol. The summed E-state index contributed by atoms with van der Waals surface area (Å²) in [4.78, 5) is 20.7. The number of aryl methyl sites for hydroxylation is 2. The number of carbonyl (C=O) groups excluding carboxylic acids is 1. The summed E-state index contributed by atoms with van der Waals surface area (Å²) in [7, 11) is 0. The van der Waals surface area contributed by atoms with Gasteiger partial charge in [-0.25, -0.2) is 9.97 Å². The topological polar surface area (TPSA) is 66.9 Å². The van der Waals surface area contributed by atoms with Crippen molar-refractivity contribution in [3.8, 4) is 0 Å². The van der Waals surface area contributed by atoms with Gasteiger partial charge in [0.25, 0.3) is 5.91 Å². The van der Waals surface area contributed by atoms with E-state index in [0.717, 1.165) is 23.2 Å². The van der Waals surface area contributed by atoms with Crippen LogP contribution in [0.25, 0.3) is 0 Å². The highest BCUT2D eigenvalue weighted by Crippen LogP contribution is 2.22. The van der Waals surface area contributed by atoms with E-state index in [1.54, 1.807) is 12.3 Å². The zero-order valence-electron chi connectivity index (χ0n) is 14.2. The number of hydrogen-bond donors (Lipinski definition) is 2. The van der Waals surface area contributed by atoms with Crippen LogP contribution in [0, 0.1) is 19.8 Å². The lowest BCUT2D eigenvalue weighted by Gasteiger charge is -2.12. The Kier molecular flexibility index (Phi) is 5.68. The van der Waals surface area contributed by atoms with E-state index in [9.17, 15) is 4.79 Å². The van der Waals surface area contributed by atoms with Crippen LogP contribution in [0.3, 0.4) is 0 Å². The Morgan fingerprint density at radius 1 is 1.17 bits per heavy atom. The predicted octanol–water partition coefficient (Wildman–Crippen LogP) is 3.61. The Morgan fingerprint density at radius 3 is 2.52 bits per heavy atom. The van der Waals surface area contributed by atoms with Gasteiger partial charge in [0.1, 0.15) is 5.69 Å². The third-order valence-electron chi connectivity index (χ3n) is 3.61. The number of rotatable bonds is 6. The van der Waals surface area contributed by atoms with Crippen LogP contribution in [0.2, 0.25) is 0 Å². The van der Waals surface area contributed by atoms with Crippen molar-refractivity contribution in [1.29, 1.82) is 0 Å². The van der Waals surface area contributed by atoms with E-state index in [-0.39, 0.29) is 5.91 Å². The molecule has 23 heavy (non-hydrogen) atoms. The number of aromatic nitrogens is 2. The summed E-state index contributed by atoms with van der Waals surface area (Å²) in [5, 5.41) is 6.09. The van der Waals surface area contributed by atoms with Gasteiger partial charge in [0, 0.05) is 18.4 Å². The fourth-order valence-electron chi connectivity index (χ4n) is 2.23. The molecule has 1 aromatic heterocycles. The molecule has 5 nitrogen and oxygen atoms in total. The normalized spacial score (nSPS) is 10.7. The first-order valence-corrected chi connectivity index (χ1v) is 7.92. The zero-order valence-corrected chi connectivity index (χ0v) is 14.2. The van der Waals surface area contributed by atoms with E-state index in [1.807, 2.05) is 32.0 Å². The quantitative estimate of drug-likeness (QED) is 0.855. The molecule has 0 saturated carbocycles. The number of nitrogens with one attached hydrogen (secondary N) is 2. The molecule has 1 aromatic carbocycles. The second-order valence-corrected chi connectivity index (χ2v) is 6.10. The van der Waals surface area contributed by atoms with Crippen LogP contribution < -0.4 is 10.6 Å². The molecule has 0 aliphatic carbocycles. The summed E-state index contributed by atoms with van der Waals surface area (Å²) in [6.45, 7) is 8.96. The third-order valence-corrected chi connectivity index (χ3v) is 3.61. The minimum absolute atomic E-state index is 0.169. The lowest BCUT2D eigenvalue weighted by molar-refractivity contribution is 0.0947. The molecule has 0 fully saturated rings. The van der Waals surface area contributed by atoms with E-state index in [4.69, 9.17) is 0 Å². The van der Waals surface area contributed by atoms with Crippen LogP contribution in [0.5, 0.6) is 0 Å². The largest absolute Gasteiger partial charge is 0.351 e. The van der Waals surface area contributed by atoms with Gasteiger partial charge < -0.3 is 10.6 Å². The second kappa shape index (κ2) is 7.72. The summed E-state index contributed by atoms with van der Waals surface area (Å²) < 4.78 is 0. The van der Waals surface area contributed by atoms with Crippen LogP contribution >= 0.6 is 0 Å². The number of amides is 1. The maximum absolute atomic E-state index is 12.1. The van der Waals surface area contributed by atoms with Crippen molar-refractivity contribution in [1.82, 2.24) is 15.3 Å². The van der Waals surface area contributed by atoms with E-state index in [1.165, 1.54) is 0 Å². The van der Waals surface area contributed by atoms with Gasteiger partial charge in [0.05, 0.1) is 0 Å². The number of para-hydroxylation sites is 1. The SMILES string of the molecule is Cc1cccc(C)c1Nc1nccc(C(=O)NCCC(C)C)n1. The number of nitrogens with zero attached hydrogens (tertiary/aromatic N) is 2. The van der Waals surface area contributed by atoms with Gasteiger partial charge >= 0.3 is 0 Å². The smallest absolute Gasteiger partial charge is 0.270 e. The molecular formula is C18H24N4O. The van der Waals surface area contributed by atoms with Crippen molar-refractivity contribution in [2.45, 2.75) is 34.1 Å². The Balaban J connectivity index is 2.09. The van der Waals surface area contributed by atoms with Crippen LogP contribution in [0.4, 0.5) is 11.6 Å². The van der Waals surface area contributed by atoms with E-state index in [2.05, 4.69) is 34.4 Å². The zero-order chi connectivity index (χ0) is 16.8. The van der Waals surface area contributed by atoms with Gasteiger partial charge in [-0.2, -0.15) is 0 Å². The third kappa shape index (κ3) is 4.77.